The Hall–Kier alpha value is -0.380. The quantitative estimate of drug-likeness (QED) is 0.346. The fraction of sp³-hybridized carbons (Fsp3) is 0.300. The molecule has 1 aromatic rings. The molecule has 12 heavy (non-hydrogen) atoms. The van der Waals surface area contributed by atoms with Crippen molar-refractivity contribution in [3.05, 3.63) is 35.9 Å². The molecule has 0 aliphatic carbocycles. The molecule has 0 N–H and O–H groups in total. The van der Waals surface area contributed by atoms with Gasteiger partial charge in [0.1, 0.15) is 0 Å². The van der Waals surface area contributed by atoms with Gasteiger partial charge in [-0.2, -0.15) is 0 Å². The van der Waals surface area contributed by atoms with Crippen LogP contribution in [-0.4, -0.2) is 17.2 Å². The van der Waals surface area contributed by atoms with E-state index in [0.717, 1.165) is 6.54 Å². The summed E-state index contributed by atoms with van der Waals surface area (Å²) in [5.41, 5.74) is 1.19. The number of alkyl halides is 1. The number of hydrogen-bond donors (Lipinski definition) is 0. The summed E-state index contributed by atoms with van der Waals surface area (Å²) in [6.45, 7) is 0.942. The lowest BCUT2D eigenvalue weighted by molar-refractivity contribution is 0.960. The van der Waals surface area contributed by atoms with E-state index in [1.165, 1.54) is 16.4 Å². The molecule has 0 heterocycles. The third kappa shape index (κ3) is 3.85. The molecular formula is C10H12IN. The topological polar surface area (TPSA) is 12.4 Å². The first-order valence-corrected chi connectivity index (χ1v) is 5.57. The van der Waals surface area contributed by atoms with Crippen LogP contribution in [0.25, 0.3) is 0 Å². The number of nitrogens with zero attached hydrogens (tertiary/aromatic N) is 1. The molecule has 1 nitrogen and oxygen atoms in total. The molecule has 0 fully saturated rings. The summed E-state index contributed by atoms with van der Waals surface area (Å²) in [4.78, 5) is 4.30. The van der Waals surface area contributed by atoms with Crippen molar-refractivity contribution in [2.45, 2.75) is 6.42 Å². The smallest absolute Gasteiger partial charge is 0.0396 e. The van der Waals surface area contributed by atoms with Crippen LogP contribution in [0.2, 0.25) is 0 Å². The van der Waals surface area contributed by atoms with E-state index in [2.05, 4.69) is 39.7 Å². The van der Waals surface area contributed by atoms with Crippen LogP contribution >= 0.6 is 22.6 Å². The summed E-state index contributed by atoms with van der Waals surface area (Å²) in [5.74, 6) is 0. The van der Waals surface area contributed by atoms with Crippen LogP contribution in [0.3, 0.4) is 0 Å². The molecule has 1 aromatic carbocycles. The van der Waals surface area contributed by atoms with Crippen molar-refractivity contribution in [3.63, 3.8) is 0 Å². The second-order valence-corrected chi connectivity index (χ2v) is 3.57. The van der Waals surface area contributed by atoms with Gasteiger partial charge in [-0.1, -0.05) is 52.9 Å². The third-order valence-electron chi connectivity index (χ3n) is 1.46. The Bertz CT molecular complexity index is 231. The maximum atomic E-state index is 4.30. The van der Waals surface area contributed by atoms with Gasteiger partial charge in [0.05, 0.1) is 0 Å². The Morgan fingerprint density at radius 2 is 2.00 bits per heavy atom. The number of rotatable bonds is 4. The molecule has 0 unspecified atom stereocenters. The van der Waals surface area contributed by atoms with Crippen molar-refractivity contribution in [1.29, 1.82) is 0 Å². The first kappa shape index (κ1) is 9.71. The Balaban J connectivity index is 2.36. The second-order valence-electron chi connectivity index (χ2n) is 2.49. The van der Waals surface area contributed by atoms with E-state index in [1.807, 2.05) is 24.4 Å². The number of hydrogen-bond acceptors (Lipinski definition) is 1. The van der Waals surface area contributed by atoms with E-state index in [9.17, 15) is 0 Å². The lowest BCUT2D eigenvalue weighted by atomic mass is 10.2. The molecule has 0 bridgehead atoms. The first-order chi connectivity index (χ1) is 5.93. The lowest BCUT2D eigenvalue weighted by Gasteiger charge is -1.90. The fourth-order valence-corrected chi connectivity index (χ4v) is 1.20. The SMILES string of the molecule is ICCCN=Cc1ccccc1. The Labute approximate surface area is 87.0 Å². The van der Waals surface area contributed by atoms with Gasteiger partial charge in [0.15, 0.2) is 0 Å². The molecule has 0 aliphatic rings. The average molecular weight is 273 g/mol. The summed E-state index contributed by atoms with van der Waals surface area (Å²) >= 11 is 2.37. The maximum absolute atomic E-state index is 4.30. The summed E-state index contributed by atoms with van der Waals surface area (Å²) in [6.07, 6.45) is 3.11. The fourth-order valence-electron chi connectivity index (χ4n) is 0.860. The highest BCUT2D eigenvalue weighted by Crippen LogP contribution is 1.94. The summed E-state index contributed by atoms with van der Waals surface area (Å²) in [7, 11) is 0. The Kier molecular flexibility index (Phi) is 4.99. The largest absolute Gasteiger partial charge is 0.293 e. The van der Waals surface area contributed by atoms with E-state index in [4.69, 9.17) is 0 Å². The van der Waals surface area contributed by atoms with E-state index in [-0.39, 0.29) is 0 Å². The standard InChI is InChI=1S/C10H12IN/c11-7-4-8-12-9-10-5-2-1-3-6-10/h1-3,5-6,9H,4,7-8H2. The lowest BCUT2D eigenvalue weighted by Crippen LogP contribution is -1.84. The van der Waals surface area contributed by atoms with Gasteiger partial charge in [-0.3, -0.25) is 4.99 Å². The van der Waals surface area contributed by atoms with Crippen molar-refractivity contribution in [2.24, 2.45) is 4.99 Å². The molecule has 0 saturated heterocycles. The zero-order valence-corrected chi connectivity index (χ0v) is 9.07. The molecule has 1 rings (SSSR count). The first-order valence-electron chi connectivity index (χ1n) is 4.04. The minimum Gasteiger partial charge on any atom is -0.293 e. The Morgan fingerprint density at radius 1 is 1.25 bits per heavy atom. The molecule has 2 heteroatoms. The predicted molar refractivity (Wildman–Crippen MR) is 62.4 cm³/mol. The minimum atomic E-state index is 0.942. The molecule has 0 atom stereocenters. The number of halogens is 1. The van der Waals surface area contributed by atoms with Crippen LogP contribution in [0.15, 0.2) is 35.3 Å². The van der Waals surface area contributed by atoms with E-state index in [1.54, 1.807) is 0 Å². The maximum Gasteiger partial charge on any atom is 0.0396 e. The third-order valence-corrected chi connectivity index (χ3v) is 2.22. The van der Waals surface area contributed by atoms with Crippen LogP contribution in [0.5, 0.6) is 0 Å². The number of aliphatic imine (C=N–C) groups is 1. The van der Waals surface area contributed by atoms with Crippen LogP contribution < -0.4 is 0 Å². The van der Waals surface area contributed by atoms with Crippen LogP contribution in [-0.2, 0) is 0 Å². The highest BCUT2D eigenvalue weighted by atomic mass is 127. The van der Waals surface area contributed by atoms with Gasteiger partial charge in [0.2, 0.25) is 0 Å². The van der Waals surface area contributed by atoms with Crippen molar-refractivity contribution in [3.8, 4) is 0 Å². The highest BCUT2D eigenvalue weighted by molar-refractivity contribution is 14.1. The van der Waals surface area contributed by atoms with Gasteiger partial charge in [-0.15, -0.1) is 0 Å². The molecular weight excluding hydrogens is 261 g/mol. The normalized spacial score (nSPS) is 10.8. The van der Waals surface area contributed by atoms with Gasteiger partial charge >= 0.3 is 0 Å². The van der Waals surface area contributed by atoms with Crippen LogP contribution in [0, 0.1) is 0 Å². The van der Waals surface area contributed by atoms with Crippen molar-refractivity contribution in [2.75, 3.05) is 11.0 Å². The zero-order chi connectivity index (χ0) is 8.65. The molecule has 0 radical (unpaired) electrons. The van der Waals surface area contributed by atoms with E-state index >= 15 is 0 Å². The molecule has 0 aromatic heterocycles. The highest BCUT2D eigenvalue weighted by Gasteiger charge is 1.83. The van der Waals surface area contributed by atoms with Gasteiger partial charge in [-0.25, -0.2) is 0 Å². The zero-order valence-electron chi connectivity index (χ0n) is 6.91. The molecule has 0 saturated carbocycles. The summed E-state index contributed by atoms with van der Waals surface area (Å²) < 4.78 is 1.18. The van der Waals surface area contributed by atoms with E-state index in [0.29, 0.717) is 0 Å². The van der Waals surface area contributed by atoms with Gasteiger partial charge in [-0.05, 0) is 12.0 Å². The Morgan fingerprint density at radius 3 is 2.67 bits per heavy atom. The molecule has 0 spiro atoms. The van der Waals surface area contributed by atoms with Crippen LogP contribution in [0.4, 0.5) is 0 Å². The van der Waals surface area contributed by atoms with E-state index < -0.39 is 0 Å². The van der Waals surface area contributed by atoms with Crippen molar-refractivity contribution in [1.82, 2.24) is 0 Å². The predicted octanol–water partition coefficient (Wildman–Crippen LogP) is 2.93. The van der Waals surface area contributed by atoms with Gasteiger partial charge in [0, 0.05) is 17.2 Å². The molecule has 0 amide bonds. The van der Waals surface area contributed by atoms with Crippen molar-refractivity contribution < 1.29 is 0 Å². The molecule has 64 valence electrons. The molecule has 0 aliphatic heterocycles. The minimum absolute atomic E-state index is 0.942. The second kappa shape index (κ2) is 6.17. The van der Waals surface area contributed by atoms with Crippen molar-refractivity contribution >= 4 is 28.8 Å². The van der Waals surface area contributed by atoms with Gasteiger partial charge in [0.25, 0.3) is 0 Å². The average Bonchev–Trinajstić information content (AvgIpc) is 2.14. The van der Waals surface area contributed by atoms with Crippen LogP contribution in [0.1, 0.15) is 12.0 Å². The van der Waals surface area contributed by atoms with Gasteiger partial charge < -0.3 is 0 Å². The summed E-state index contributed by atoms with van der Waals surface area (Å²) in [6, 6.07) is 10.2. The monoisotopic (exact) mass is 273 g/mol. The number of benzene rings is 1. The summed E-state index contributed by atoms with van der Waals surface area (Å²) in [5, 5.41) is 0.